The van der Waals surface area contributed by atoms with E-state index in [2.05, 4.69) is 31.9 Å². The highest BCUT2D eigenvalue weighted by atomic mass is 19.1. The summed E-state index contributed by atoms with van der Waals surface area (Å²) in [6, 6.07) is 5.96. The Morgan fingerprint density at radius 1 is 1.29 bits per heavy atom. The van der Waals surface area contributed by atoms with E-state index in [-0.39, 0.29) is 16.9 Å². The SMILES string of the molecule is Cn1c(N2CCC(C)(N)CC2)nc2[nH]nc(C#Cc3cccc(F)c3)c2c1=O. The number of fused-ring (bicyclic) bond motifs is 1. The molecule has 1 fully saturated rings. The van der Waals surface area contributed by atoms with E-state index >= 15 is 0 Å². The maximum Gasteiger partial charge on any atom is 0.267 e. The molecular formula is C20H21FN6O. The molecule has 28 heavy (non-hydrogen) atoms. The third kappa shape index (κ3) is 3.37. The van der Waals surface area contributed by atoms with Crippen LogP contribution in [0, 0.1) is 17.7 Å². The van der Waals surface area contributed by atoms with Crippen molar-refractivity contribution in [2.75, 3.05) is 18.0 Å². The fourth-order valence-corrected chi connectivity index (χ4v) is 3.34. The molecule has 0 bridgehead atoms. The average Bonchev–Trinajstić information content (AvgIpc) is 3.06. The van der Waals surface area contributed by atoms with Gasteiger partial charge in [-0.25, -0.2) is 4.39 Å². The van der Waals surface area contributed by atoms with Crippen molar-refractivity contribution in [1.29, 1.82) is 0 Å². The van der Waals surface area contributed by atoms with Crippen LogP contribution in [0.5, 0.6) is 0 Å². The summed E-state index contributed by atoms with van der Waals surface area (Å²) in [6.45, 7) is 3.51. The number of aromatic nitrogens is 4. The van der Waals surface area contributed by atoms with Gasteiger partial charge in [-0.1, -0.05) is 12.0 Å². The number of nitrogens with two attached hydrogens (primary N) is 1. The first kappa shape index (κ1) is 18.2. The minimum absolute atomic E-state index is 0.187. The van der Waals surface area contributed by atoms with Crippen LogP contribution in [-0.2, 0) is 7.05 Å². The molecule has 0 saturated carbocycles. The number of hydrogen-bond donors (Lipinski definition) is 2. The Hall–Kier alpha value is -3.18. The average molecular weight is 380 g/mol. The Balaban J connectivity index is 1.72. The zero-order chi connectivity index (χ0) is 19.9. The van der Waals surface area contributed by atoms with Crippen LogP contribution in [0.25, 0.3) is 11.0 Å². The van der Waals surface area contributed by atoms with Crippen LogP contribution < -0.4 is 16.2 Å². The molecule has 2 aromatic heterocycles. The van der Waals surface area contributed by atoms with Crippen molar-refractivity contribution >= 4 is 17.0 Å². The van der Waals surface area contributed by atoms with Crippen molar-refractivity contribution in [3.63, 3.8) is 0 Å². The second-order valence-electron chi connectivity index (χ2n) is 7.47. The maximum absolute atomic E-state index is 13.3. The van der Waals surface area contributed by atoms with Crippen molar-refractivity contribution in [3.8, 4) is 11.8 Å². The van der Waals surface area contributed by atoms with E-state index in [1.807, 2.05) is 6.92 Å². The van der Waals surface area contributed by atoms with Gasteiger partial charge in [0, 0.05) is 31.2 Å². The van der Waals surface area contributed by atoms with Crippen molar-refractivity contribution in [3.05, 3.63) is 51.7 Å². The van der Waals surface area contributed by atoms with E-state index in [1.165, 1.54) is 16.7 Å². The number of nitrogens with zero attached hydrogens (tertiary/aromatic N) is 4. The van der Waals surface area contributed by atoms with Crippen LogP contribution in [0.4, 0.5) is 10.3 Å². The number of nitrogens with one attached hydrogen (secondary N) is 1. The van der Waals surface area contributed by atoms with Crippen molar-refractivity contribution in [2.45, 2.75) is 25.3 Å². The van der Waals surface area contributed by atoms with Gasteiger partial charge in [-0.05, 0) is 43.9 Å². The van der Waals surface area contributed by atoms with Gasteiger partial charge in [0.05, 0.1) is 0 Å². The predicted octanol–water partition coefficient (Wildman–Crippen LogP) is 1.51. The summed E-state index contributed by atoms with van der Waals surface area (Å²) in [5.74, 6) is 5.91. The highest BCUT2D eigenvalue weighted by Gasteiger charge is 2.28. The molecule has 0 atom stereocenters. The molecule has 0 aliphatic carbocycles. The molecule has 3 N–H and O–H groups in total. The zero-order valence-electron chi connectivity index (χ0n) is 15.8. The van der Waals surface area contributed by atoms with Crippen LogP contribution >= 0.6 is 0 Å². The van der Waals surface area contributed by atoms with Crippen molar-refractivity contribution < 1.29 is 4.39 Å². The topological polar surface area (TPSA) is 92.8 Å². The molecule has 3 aromatic rings. The highest BCUT2D eigenvalue weighted by Crippen LogP contribution is 2.23. The molecule has 144 valence electrons. The summed E-state index contributed by atoms with van der Waals surface area (Å²) in [7, 11) is 1.69. The number of hydrogen-bond acceptors (Lipinski definition) is 5. The molecule has 1 saturated heterocycles. The lowest BCUT2D eigenvalue weighted by atomic mass is 9.91. The Bertz CT molecular complexity index is 1160. The summed E-state index contributed by atoms with van der Waals surface area (Å²) in [5, 5.41) is 7.26. The van der Waals surface area contributed by atoms with Crippen molar-refractivity contribution in [2.24, 2.45) is 12.8 Å². The van der Waals surface area contributed by atoms with Gasteiger partial charge < -0.3 is 10.6 Å². The monoisotopic (exact) mass is 380 g/mol. The molecule has 1 aliphatic rings. The highest BCUT2D eigenvalue weighted by molar-refractivity contribution is 5.81. The van der Waals surface area contributed by atoms with Gasteiger partial charge in [-0.15, -0.1) is 0 Å². The minimum atomic E-state index is -0.365. The van der Waals surface area contributed by atoms with E-state index in [0.717, 1.165) is 25.9 Å². The second kappa shape index (κ2) is 6.77. The molecule has 0 unspecified atom stereocenters. The van der Waals surface area contributed by atoms with Crippen LogP contribution in [0.15, 0.2) is 29.1 Å². The first-order chi connectivity index (χ1) is 13.3. The van der Waals surface area contributed by atoms with Crippen LogP contribution in [0.1, 0.15) is 31.0 Å². The first-order valence-corrected chi connectivity index (χ1v) is 9.11. The minimum Gasteiger partial charge on any atom is -0.342 e. The predicted molar refractivity (Wildman–Crippen MR) is 106 cm³/mol. The molecule has 1 aromatic carbocycles. The Morgan fingerprint density at radius 3 is 2.75 bits per heavy atom. The Morgan fingerprint density at radius 2 is 2.04 bits per heavy atom. The van der Waals surface area contributed by atoms with Gasteiger partial charge in [0.15, 0.2) is 11.3 Å². The number of halogens is 1. The van der Waals surface area contributed by atoms with Gasteiger partial charge in [0.25, 0.3) is 5.56 Å². The molecule has 0 radical (unpaired) electrons. The van der Waals surface area contributed by atoms with Crippen LogP contribution in [0.2, 0.25) is 0 Å². The fourth-order valence-electron chi connectivity index (χ4n) is 3.34. The van der Waals surface area contributed by atoms with E-state index in [4.69, 9.17) is 5.73 Å². The van der Waals surface area contributed by atoms with E-state index < -0.39 is 0 Å². The summed E-state index contributed by atoms with van der Waals surface area (Å²) in [5.41, 5.74) is 6.99. The Kier molecular flexibility index (Phi) is 4.40. The molecular weight excluding hydrogens is 359 g/mol. The number of rotatable bonds is 1. The number of piperidine rings is 1. The van der Waals surface area contributed by atoms with E-state index in [0.29, 0.717) is 28.2 Å². The lowest BCUT2D eigenvalue weighted by Gasteiger charge is -2.37. The number of benzene rings is 1. The van der Waals surface area contributed by atoms with Gasteiger partial charge in [-0.2, -0.15) is 10.1 Å². The van der Waals surface area contributed by atoms with Gasteiger partial charge in [-0.3, -0.25) is 14.5 Å². The third-order valence-electron chi connectivity index (χ3n) is 5.12. The molecule has 4 rings (SSSR count). The lowest BCUT2D eigenvalue weighted by molar-refractivity contribution is 0.360. The summed E-state index contributed by atoms with van der Waals surface area (Å²) >= 11 is 0. The standard InChI is InChI=1S/C20H21FN6O/c1-20(22)8-10-27(11-9-20)19-23-17-16(18(28)26(19)2)15(24-25-17)7-6-13-4-3-5-14(21)12-13/h3-5,12H,8-11,22H2,1-2H3,(H,24,25). The molecule has 7 nitrogen and oxygen atoms in total. The molecule has 8 heteroatoms. The normalized spacial score (nSPS) is 16.1. The lowest BCUT2D eigenvalue weighted by Crippen LogP contribution is -2.49. The maximum atomic E-state index is 13.3. The van der Waals surface area contributed by atoms with E-state index in [9.17, 15) is 9.18 Å². The van der Waals surface area contributed by atoms with Crippen molar-refractivity contribution in [1.82, 2.24) is 19.7 Å². The van der Waals surface area contributed by atoms with Crippen LogP contribution in [0.3, 0.4) is 0 Å². The Labute approximate surface area is 161 Å². The zero-order valence-corrected chi connectivity index (χ0v) is 15.8. The van der Waals surface area contributed by atoms with Gasteiger partial charge >= 0.3 is 0 Å². The molecule has 3 heterocycles. The summed E-state index contributed by atoms with van der Waals surface area (Å²) in [4.78, 5) is 19.6. The molecule has 1 aliphatic heterocycles. The number of aromatic amines is 1. The van der Waals surface area contributed by atoms with Crippen LogP contribution in [-0.4, -0.2) is 38.4 Å². The summed E-state index contributed by atoms with van der Waals surface area (Å²) in [6.07, 6.45) is 1.66. The smallest absolute Gasteiger partial charge is 0.267 e. The van der Waals surface area contributed by atoms with Gasteiger partial charge in [0.1, 0.15) is 11.2 Å². The number of H-pyrrole nitrogens is 1. The number of anilines is 1. The second-order valence-corrected chi connectivity index (χ2v) is 7.47. The molecule has 0 spiro atoms. The largest absolute Gasteiger partial charge is 0.342 e. The van der Waals surface area contributed by atoms with Gasteiger partial charge in [0.2, 0.25) is 5.95 Å². The molecule has 0 amide bonds. The third-order valence-corrected chi connectivity index (χ3v) is 5.12. The van der Waals surface area contributed by atoms with E-state index in [1.54, 1.807) is 19.2 Å². The summed E-state index contributed by atoms with van der Waals surface area (Å²) < 4.78 is 14.8. The first-order valence-electron chi connectivity index (χ1n) is 9.11. The quantitative estimate of drug-likeness (QED) is 0.625. The fraction of sp³-hybridized carbons (Fsp3) is 0.350.